The van der Waals surface area contributed by atoms with Crippen LogP contribution < -0.4 is 4.72 Å². The summed E-state index contributed by atoms with van der Waals surface area (Å²) in [6.45, 7) is 3.25. The lowest BCUT2D eigenvalue weighted by Gasteiger charge is -2.13. The third kappa shape index (κ3) is 3.85. The molecule has 0 aliphatic rings. The van der Waals surface area contributed by atoms with Crippen molar-refractivity contribution in [1.82, 2.24) is 9.78 Å². The molecule has 0 saturated heterocycles. The molecule has 1 aromatic heterocycles. The molecule has 3 rings (SSSR count). The van der Waals surface area contributed by atoms with Crippen LogP contribution in [-0.4, -0.2) is 18.2 Å². The van der Waals surface area contributed by atoms with Gasteiger partial charge in [-0.1, -0.05) is 29.8 Å². The highest BCUT2D eigenvalue weighted by molar-refractivity contribution is 7.92. The Morgan fingerprint density at radius 2 is 1.71 bits per heavy atom. The molecule has 0 radical (unpaired) electrons. The fraction of sp³-hybridized carbons (Fsp3) is 0.167. The number of rotatable bonds is 4. The number of nitrogens with one attached hydrogen (secondary N) is 1. The molecule has 0 saturated carbocycles. The molecule has 0 aliphatic heterocycles. The van der Waals surface area contributed by atoms with Crippen molar-refractivity contribution in [2.45, 2.75) is 24.9 Å². The van der Waals surface area contributed by atoms with Gasteiger partial charge in [0.05, 0.1) is 33.3 Å². The molecule has 0 unspecified atom stereocenters. The molecule has 148 valence electrons. The quantitative estimate of drug-likeness (QED) is 0.637. The average molecular weight is 430 g/mol. The number of hydrogen-bond acceptors (Lipinski definition) is 3. The number of anilines is 1. The molecule has 0 fully saturated rings. The van der Waals surface area contributed by atoms with E-state index < -0.39 is 26.7 Å². The summed E-state index contributed by atoms with van der Waals surface area (Å²) < 4.78 is 68.3. The van der Waals surface area contributed by atoms with Gasteiger partial charge in [-0.3, -0.25) is 4.72 Å². The molecule has 1 heterocycles. The van der Waals surface area contributed by atoms with Crippen LogP contribution >= 0.6 is 11.6 Å². The van der Waals surface area contributed by atoms with Crippen molar-refractivity contribution >= 4 is 27.3 Å². The smallest absolute Gasteiger partial charge is 0.276 e. The Morgan fingerprint density at radius 1 is 1.07 bits per heavy atom. The molecule has 1 N–H and O–H groups in total. The van der Waals surface area contributed by atoms with E-state index in [9.17, 15) is 21.6 Å². The van der Waals surface area contributed by atoms with Crippen molar-refractivity contribution in [2.24, 2.45) is 0 Å². The lowest BCUT2D eigenvalue weighted by atomic mass is 10.2. The summed E-state index contributed by atoms with van der Waals surface area (Å²) in [5, 5.41) is 4.00. The summed E-state index contributed by atoms with van der Waals surface area (Å²) >= 11 is 5.87. The number of aromatic nitrogens is 2. The number of halogens is 4. The molecule has 0 atom stereocenters. The second kappa shape index (κ2) is 7.14. The van der Waals surface area contributed by atoms with Crippen LogP contribution in [0.15, 0.2) is 53.4 Å². The van der Waals surface area contributed by atoms with Gasteiger partial charge in [0.25, 0.3) is 10.0 Å². The topological polar surface area (TPSA) is 64.0 Å². The van der Waals surface area contributed by atoms with E-state index in [1.165, 1.54) is 0 Å². The lowest BCUT2D eigenvalue weighted by Crippen LogP contribution is -2.16. The second-order valence-corrected chi connectivity index (χ2v) is 8.10. The van der Waals surface area contributed by atoms with E-state index in [0.717, 1.165) is 12.1 Å². The predicted molar refractivity (Wildman–Crippen MR) is 100 cm³/mol. The third-order valence-electron chi connectivity index (χ3n) is 4.08. The first kappa shape index (κ1) is 20.2. The van der Waals surface area contributed by atoms with E-state index in [-0.39, 0.29) is 10.7 Å². The van der Waals surface area contributed by atoms with Crippen LogP contribution in [0.25, 0.3) is 5.69 Å². The molecular weight excluding hydrogens is 415 g/mol. The Morgan fingerprint density at radius 3 is 2.32 bits per heavy atom. The van der Waals surface area contributed by atoms with E-state index in [4.69, 9.17) is 11.6 Å². The Hall–Kier alpha value is -2.52. The van der Waals surface area contributed by atoms with Crippen molar-refractivity contribution in [3.05, 3.63) is 70.5 Å². The number of benzene rings is 2. The average Bonchev–Trinajstić information content (AvgIpc) is 2.89. The van der Waals surface area contributed by atoms with Gasteiger partial charge < -0.3 is 0 Å². The zero-order valence-corrected chi connectivity index (χ0v) is 16.3. The van der Waals surface area contributed by atoms with E-state index in [1.54, 1.807) is 42.8 Å². The maximum absolute atomic E-state index is 13.0. The summed E-state index contributed by atoms with van der Waals surface area (Å²) in [4.78, 5) is -0.657. The Balaban J connectivity index is 2.04. The van der Waals surface area contributed by atoms with E-state index in [0.29, 0.717) is 23.1 Å². The fourth-order valence-electron chi connectivity index (χ4n) is 2.69. The number of aryl methyl sites for hydroxylation is 1. The minimum absolute atomic E-state index is 0.178. The fourth-order valence-corrected chi connectivity index (χ4v) is 4.39. The van der Waals surface area contributed by atoms with Gasteiger partial charge in [-0.15, -0.1) is 0 Å². The minimum atomic E-state index is -4.70. The monoisotopic (exact) mass is 429 g/mol. The normalized spacial score (nSPS) is 12.2. The van der Waals surface area contributed by atoms with E-state index in [1.807, 2.05) is 6.07 Å². The van der Waals surface area contributed by atoms with Crippen molar-refractivity contribution in [3.63, 3.8) is 0 Å². The van der Waals surface area contributed by atoms with Crippen LogP contribution in [0.1, 0.15) is 17.0 Å². The molecule has 2 aromatic carbocycles. The van der Waals surface area contributed by atoms with Crippen molar-refractivity contribution in [3.8, 4) is 5.69 Å². The highest BCUT2D eigenvalue weighted by Crippen LogP contribution is 2.34. The van der Waals surface area contributed by atoms with Gasteiger partial charge in [0.2, 0.25) is 0 Å². The van der Waals surface area contributed by atoms with Crippen molar-refractivity contribution < 1.29 is 21.6 Å². The molecule has 10 heteroatoms. The summed E-state index contributed by atoms with van der Waals surface area (Å²) in [6.07, 6.45) is -4.70. The Kier molecular flexibility index (Phi) is 5.16. The number of alkyl halides is 3. The van der Waals surface area contributed by atoms with Gasteiger partial charge >= 0.3 is 6.18 Å². The highest BCUT2D eigenvalue weighted by atomic mass is 35.5. The molecule has 0 aliphatic carbocycles. The first-order valence-electron chi connectivity index (χ1n) is 8.02. The van der Waals surface area contributed by atoms with Crippen LogP contribution in [0.5, 0.6) is 0 Å². The summed E-state index contributed by atoms with van der Waals surface area (Å²) in [5.41, 5.74) is 0.636. The van der Waals surface area contributed by atoms with Crippen LogP contribution in [-0.2, 0) is 16.2 Å². The predicted octanol–water partition coefficient (Wildman–Crippen LogP) is 4.96. The summed E-state index contributed by atoms with van der Waals surface area (Å²) in [6, 6.07) is 11.2. The van der Waals surface area contributed by atoms with Crippen molar-refractivity contribution in [1.29, 1.82) is 0 Å². The van der Waals surface area contributed by atoms with Crippen LogP contribution in [0.3, 0.4) is 0 Å². The van der Waals surface area contributed by atoms with Gasteiger partial charge in [-0.05, 0) is 44.2 Å². The zero-order chi connectivity index (χ0) is 20.7. The number of sulfonamides is 1. The zero-order valence-electron chi connectivity index (χ0n) is 14.7. The maximum atomic E-state index is 13.0. The summed E-state index contributed by atoms with van der Waals surface area (Å²) in [7, 11) is -4.38. The van der Waals surface area contributed by atoms with Crippen LogP contribution in [0.4, 0.5) is 18.9 Å². The van der Waals surface area contributed by atoms with Gasteiger partial charge in [0, 0.05) is 0 Å². The Labute approximate surface area is 164 Å². The molecule has 3 aromatic rings. The van der Waals surface area contributed by atoms with E-state index in [2.05, 4.69) is 9.82 Å². The van der Waals surface area contributed by atoms with Crippen LogP contribution in [0.2, 0.25) is 5.02 Å². The van der Waals surface area contributed by atoms with Gasteiger partial charge in [0.15, 0.2) is 0 Å². The van der Waals surface area contributed by atoms with Crippen molar-refractivity contribution in [2.75, 3.05) is 4.72 Å². The lowest BCUT2D eigenvalue weighted by molar-refractivity contribution is -0.137. The first-order valence-corrected chi connectivity index (χ1v) is 9.88. The highest BCUT2D eigenvalue weighted by Gasteiger charge is 2.33. The van der Waals surface area contributed by atoms with Gasteiger partial charge in [-0.25, -0.2) is 13.1 Å². The summed E-state index contributed by atoms with van der Waals surface area (Å²) in [5.74, 6) is 0. The van der Waals surface area contributed by atoms with Crippen LogP contribution in [0, 0.1) is 13.8 Å². The Bertz CT molecular complexity index is 1130. The number of nitrogens with zero attached hydrogens (tertiary/aromatic N) is 2. The maximum Gasteiger partial charge on any atom is 0.416 e. The molecule has 5 nitrogen and oxygen atoms in total. The third-order valence-corrected chi connectivity index (χ3v) is 5.91. The van der Waals surface area contributed by atoms with Gasteiger partial charge in [-0.2, -0.15) is 18.3 Å². The number of hydrogen-bond donors (Lipinski definition) is 1. The molecular formula is C18H15ClF3N3O2S. The molecule has 28 heavy (non-hydrogen) atoms. The minimum Gasteiger partial charge on any atom is -0.276 e. The standard InChI is InChI=1S/C18H15ClF3N3O2S/c1-11-17(12(2)25(23-11)14-6-4-3-5-7-14)24-28(26,27)16-10-13(18(20,21)22)8-9-15(16)19/h3-10,24H,1-2H3. The second-order valence-electron chi connectivity index (χ2n) is 6.04. The molecule has 0 spiro atoms. The van der Waals surface area contributed by atoms with Gasteiger partial charge in [0.1, 0.15) is 4.90 Å². The molecule has 0 bridgehead atoms. The SMILES string of the molecule is Cc1nn(-c2ccccc2)c(C)c1NS(=O)(=O)c1cc(C(F)(F)F)ccc1Cl. The van der Waals surface area contributed by atoms with E-state index >= 15 is 0 Å². The molecule has 0 amide bonds. The largest absolute Gasteiger partial charge is 0.416 e. The number of para-hydroxylation sites is 1. The first-order chi connectivity index (χ1) is 13.0.